The Morgan fingerprint density at radius 3 is 2.61 bits per heavy atom. The van der Waals surface area contributed by atoms with E-state index < -0.39 is 0 Å². The zero-order valence-electron chi connectivity index (χ0n) is 17.6. The van der Waals surface area contributed by atoms with E-state index in [1.807, 2.05) is 44.2 Å². The van der Waals surface area contributed by atoms with Gasteiger partial charge >= 0.3 is 0 Å². The normalized spacial score (nSPS) is 15.1. The Labute approximate surface area is 194 Å². The minimum Gasteiger partial charge on any atom is -0.490 e. The van der Waals surface area contributed by atoms with Gasteiger partial charge in [-0.15, -0.1) is 0 Å². The lowest BCUT2D eigenvalue weighted by molar-refractivity contribution is -0.123. The summed E-state index contributed by atoms with van der Waals surface area (Å²) < 4.78 is 17.5. The lowest BCUT2D eigenvalue weighted by Gasteiger charge is -2.14. The van der Waals surface area contributed by atoms with Crippen molar-refractivity contribution in [3.63, 3.8) is 0 Å². The highest BCUT2D eigenvalue weighted by Gasteiger charge is 2.34. The predicted molar refractivity (Wildman–Crippen MR) is 125 cm³/mol. The van der Waals surface area contributed by atoms with E-state index in [1.165, 1.54) is 17.6 Å². The molecule has 0 N–H and O–H groups in total. The maximum absolute atomic E-state index is 12.6. The van der Waals surface area contributed by atoms with Crippen molar-refractivity contribution < 1.29 is 23.8 Å². The number of hydrogen-bond acceptors (Lipinski definition) is 6. The Kier molecular flexibility index (Phi) is 8.17. The Morgan fingerprint density at radius 2 is 1.90 bits per heavy atom. The third-order valence-electron chi connectivity index (χ3n) is 4.52. The van der Waals surface area contributed by atoms with E-state index in [1.54, 1.807) is 6.08 Å². The number of thioether (sulfide) groups is 1. The molecular formula is C23H24BrNO5S. The molecule has 1 fully saturated rings. The number of amides is 2. The molecule has 0 saturated carbocycles. The first-order valence-corrected chi connectivity index (χ1v) is 11.4. The van der Waals surface area contributed by atoms with Crippen LogP contribution in [0.3, 0.4) is 0 Å². The molecule has 2 aromatic carbocycles. The number of benzene rings is 2. The van der Waals surface area contributed by atoms with Crippen molar-refractivity contribution >= 4 is 44.9 Å². The molecule has 0 bridgehead atoms. The largest absolute Gasteiger partial charge is 0.490 e. The number of imide groups is 1. The molecule has 8 heteroatoms. The molecule has 6 nitrogen and oxygen atoms in total. The van der Waals surface area contributed by atoms with Crippen molar-refractivity contribution in [3.05, 3.63) is 62.5 Å². The van der Waals surface area contributed by atoms with E-state index in [-0.39, 0.29) is 17.7 Å². The molecule has 2 aromatic rings. The fourth-order valence-electron chi connectivity index (χ4n) is 3.02. The molecule has 1 aliphatic rings. The fraction of sp³-hybridized carbons (Fsp3) is 0.304. The van der Waals surface area contributed by atoms with Gasteiger partial charge in [0.1, 0.15) is 6.61 Å². The molecule has 3 rings (SSSR count). The number of nitrogens with zero attached hydrogens (tertiary/aromatic N) is 1. The van der Waals surface area contributed by atoms with E-state index in [0.29, 0.717) is 36.2 Å². The molecule has 31 heavy (non-hydrogen) atoms. The maximum atomic E-state index is 12.6. The summed E-state index contributed by atoms with van der Waals surface area (Å²) in [7, 11) is 1.53. The molecule has 164 valence electrons. The average Bonchev–Trinajstić information content (AvgIpc) is 3.00. The molecule has 0 aliphatic carbocycles. The van der Waals surface area contributed by atoms with Crippen LogP contribution in [0.1, 0.15) is 23.6 Å². The minimum absolute atomic E-state index is 0.232. The van der Waals surface area contributed by atoms with Gasteiger partial charge in [0, 0.05) is 11.6 Å². The Bertz CT molecular complexity index is 1010. The van der Waals surface area contributed by atoms with Gasteiger partial charge in [0.25, 0.3) is 11.1 Å². The van der Waals surface area contributed by atoms with Gasteiger partial charge in [0.05, 0.1) is 24.7 Å². The second-order valence-electron chi connectivity index (χ2n) is 6.86. The third kappa shape index (κ3) is 5.90. The summed E-state index contributed by atoms with van der Waals surface area (Å²) in [5, 5.41) is -0.299. The van der Waals surface area contributed by atoms with Gasteiger partial charge in [-0.2, -0.15) is 0 Å². The van der Waals surface area contributed by atoms with Crippen LogP contribution >= 0.6 is 27.7 Å². The van der Waals surface area contributed by atoms with Crippen molar-refractivity contribution in [2.75, 3.05) is 26.9 Å². The number of carbonyl (C=O) groups excluding carboxylic acids is 2. The monoisotopic (exact) mass is 505 g/mol. The number of ether oxygens (including phenoxy) is 3. The summed E-state index contributed by atoms with van der Waals surface area (Å²) in [6.45, 7) is 5.35. The van der Waals surface area contributed by atoms with Crippen LogP contribution < -0.4 is 9.47 Å². The van der Waals surface area contributed by atoms with Gasteiger partial charge in [-0.05, 0) is 54.9 Å². The molecule has 0 radical (unpaired) electrons. The molecule has 1 heterocycles. The first-order valence-electron chi connectivity index (χ1n) is 9.82. The zero-order valence-corrected chi connectivity index (χ0v) is 20.0. The van der Waals surface area contributed by atoms with Gasteiger partial charge in [-0.25, -0.2) is 0 Å². The van der Waals surface area contributed by atoms with Crippen molar-refractivity contribution in [1.82, 2.24) is 4.90 Å². The highest BCUT2D eigenvalue weighted by molar-refractivity contribution is 9.10. The molecule has 1 aliphatic heterocycles. The first-order chi connectivity index (χ1) is 14.9. The van der Waals surface area contributed by atoms with Crippen molar-refractivity contribution in [2.24, 2.45) is 0 Å². The van der Waals surface area contributed by atoms with Gasteiger partial charge in [-0.3, -0.25) is 14.5 Å². The maximum Gasteiger partial charge on any atom is 0.293 e. The molecular weight excluding hydrogens is 482 g/mol. The SMILES string of the molecule is CCOc1cc(/C=C2/SC(=O)N(CCOC)C2=O)c(Br)cc1OCc1cccc(C)c1. The predicted octanol–water partition coefficient (Wildman–Crippen LogP) is 5.42. The highest BCUT2D eigenvalue weighted by Crippen LogP contribution is 2.38. The van der Waals surface area contributed by atoms with Gasteiger partial charge in [0.2, 0.25) is 0 Å². The Hall–Kier alpha value is -2.29. The highest BCUT2D eigenvalue weighted by atomic mass is 79.9. The third-order valence-corrected chi connectivity index (χ3v) is 6.11. The molecule has 0 aromatic heterocycles. The van der Waals surface area contributed by atoms with Crippen LogP contribution in [0.15, 0.2) is 45.8 Å². The molecule has 1 saturated heterocycles. The lowest BCUT2D eigenvalue weighted by atomic mass is 10.1. The fourth-order valence-corrected chi connectivity index (χ4v) is 4.31. The number of halogens is 1. The van der Waals surface area contributed by atoms with Gasteiger partial charge in [0.15, 0.2) is 11.5 Å². The minimum atomic E-state index is -0.323. The summed E-state index contributed by atoms with van der Waals surface area (Å²) in [5.74, 6) is 0.848. The second kappa shape index (κ2) is 10.8. The van der Waals surface area contributed by atoms with Crippen molar-refractivity contribution in [2.45, 2.75) is 20.5 Å². The van der Waals surface area contributed by atoms with Crippen LogP contribution in [-0.4, -0.2) is 42.9 Å². The van der Waals surface area contributed by atoms with Crippen LogP contribution in [0.25, 0.3) is 6.08 Å². The zero-order chi connectivity index (χ0) is 22.4. The number of rotatable bonds is 9. The van der Waals surface area contributed by atoms with Gasteiger partial charge < -0.3 is 14.2 Å². The summed E-state index contributed by atoms with van der Waals surface area (Å²) in [4.78, 5) is 26.3. The lowest BCUT2D eigenvalue weighted by Crippen LogP contribution is -2.31. The summed E-state index contributed by atoms with van der Waals surface area (Å²) in [6.07, 6.45) is 1.69. The first kappa shape index (κ1) is 23.4. The second-order valence-corrected chi connectivity index (χ2v) is 8.70. The molecule has 0 atom stereocenters. The topological polar surface area (TPSA) is 65.1 Å². The molecule has 0 spiro atoms. The standard InChI is InChI=1S/C23H24BrNO5S/c1-4-29-19-11-17(12-21-22(26)25(8-9-28-3)23(27)31-21)18(24)13-20(19)30-14-16-7-5-6-15(2)10-16/h5-7,10-13H,4,8-9,14H2,1-3H3/b21-12+. The smallest absolute Gasteiger partial charge is 0.293 e. The number of aryl methyl sites for hydroxylation is 1. The van der Waals surface area contributed by atoms with E-state index in [2.05, 4.69) is 22.0 Å². The summed E-state index contributed by atoms with van der Waals surface area (Å²) >= 11 is 4.47. The molecule has 2 amide bonds. The van der Waals surface area contributed by atoms with Crippen LogP contribution in [0.5, 0.6) is 11.5 Å². The van der Waals surface area contributed by atoms with Crippen LogP contribution in [0.4, 0.5) is 4.79 Å². The van der Waals surface area contributed by atoms with E-state index in [0.717, 1.165) is 27.4 Å². The van der Waals surface area contributed by atoms with Crippen LogP contribution in [-0.2, 0) is 16.1 Å². The summed E-state index contributed by atoms with van der Waals surface area (Å²) in [6, 6.07) is 11.7. The Morgan fingerprint density at radius 1 is 1.13 bits per heavy atom. The quantitative estimate of drug-likeness (QED) is 0.424. The number of methoxy groups -OCH3 is 1. The molecule has 0 unspecified atom stereocenters. The van der Waals surface area contributed by atoms with Gasteiger partial charge in [-0.1, -0.05) is 45.8 Å². The number of hydrogen-bond donors (Lipinski definition) is 0. The summed E-state index contributed by atoms with van der Waals surface area (Å²) in [5.41, 5.74) is 2.96. The van der Waals surface area contributed by atoms with E-state index >= 15 is 0 Å². The van der Waals surface area contributed by atoms with Crippen molar-refractivity contribution in [1.29, 1.82) is 0 Å². The van der Waals surface area contributed by atoms with Crippen LogP contribution in [0, 0.1) is 6.92 Å². The van der Waals surface area contributed by atoms with E-state index in [4.69, 9.17) is 14.2 Å². The van der Waals surface area contributed by atoms with Crippen molar-refractivity contribution in [3.8, 4) is 11.5 Å². The Balaban J connectivity index is 1.83. The average molecular weight is 506 g/mol. The van der Waals surface area contributed by atoms with Crippen LogP contribution in [0.2, 0.25) is 0 Å². The van der Waals surface area contributed by atoms with E-state index in [9.17, 15) is 9.59 Å². The number of carbonyl (C=O) groups is 2.